The van der Waals surface area contributed by atoms with Crippen LogP contribution in [0.1, 0.15) is 35.2 Å². The van der Waals surface area contributed by atoms with Gasteiger partial charge in [0.15, 0.2) is 5.82 Å². The van der Waals surface area contributed by atoms with Crippen LogP contribution in [0.2, 0.25) is 5.02 Å². The number of fused-ring (bicyclic) bond motifs is 3. The van der Waals surface area contributed by atoms with Crippen molar-refractivity contribution in [2.75, 3.05) is 6.54 Å². The molecule has 2 saturated heterocycles. The lowest BCUT2D eigenvalue weighted by atomic mass is 9.77. The van der Waals surface area contributed by atoms with Crippen LogP contribution in [0.3, 0.4) is 0 Å². The van der Waals surface area contributed by atoms with Gasteiger partial charge in [-0.25, -0.2) is 19.3 Å². The Labute approximate surface area is 202 Å². The van der Waals surface area contributed by atoms with Crippen LogP contribution in [0.25, 0.3) is 11.4 Å². The third kappa shape index (κ3) is 4.67. The minimum absolute atomic E-state index is 0.117. The summed E-state index contributed by atoms with van der Waals surface area (Å²) in [6.07, 6.45) is 0.758. The lowest BCUT2D eigenvalue weighted by Crippen LogP contribution is -2.59. The van der Waals surface area contributed by atoms with Gasteiger partial charge in [0.25, 0.3) is 5.91 Å². The standard InChI is InChI=1S/C24H19ClF4N4O2/c25-18-9-14(24(27,28)29)11-32-22(18)35-20-8-13-2-5-19(20)33(12-13)23(34)17-10-15(26)3-4-16(17)21-30-6-1-7-31-21/h1,3-4,6-7,9-11,13,19-20H,2,5,8,12H2/t13-,19+,20-/m1/s1. The van der Waals surface area contributed by atoms with Crippen LogP contribution in [0, 0.1) is 11.7 Å². The van der Waals surface area contributed by atoms with E-state index in [0.29, 0.717) is 37.0 Å². The highest BCUT2D eigenvalue weighted by atomic mass is 35.5. The number of aromatic nitrogens is 3. The second-order valence-electron chi connectivity index (χ2n) is 8.63. The maximum absolute atomic E-state index is 14.2. The topological polar surface area (TPSA) is 68.2 Å². The zero-order valence-electron chi connectivity index (χ0n) is 18.2. The number of pyridine rings is 1. The van der Waals surface area contributed by atoms with E-state index in [-0.39, 0.29) is 34.3 Å². The van der Waals surface area contributed by atoms with Crippen molar-refractivity contribution in [2.24, 2.45) is 5.92 Å². The first kappa shape index (κ1) is 23.5. The number of hydrogen-bond acceptors (Lipinski definition) is 5. The Balaban J connectivity index is 1.42. The van der Waals surface area contributed by atoms with Gasteiger partial charge in [-0.2, -0.15) is 13.2 Å². The van der Waals surface area contributed by atoms with Gasteiger partial charge in [-0.3, -0.25) is 4.79 Å². The summed E-state index contributed by atoms with van der Waals surface area (Å²) in [5.41, 5.74) is -0.435. The van der Waals surface area contributed by atoms with Crippen LogP contribution in [0.4, 0.5) is 17.6 Å². The lowest BCUT2D eigenvalue weighted by molar-refractivity contribution is -0.137. The van der Waals surface area contributed by atoms with Gasteiger partial charge < -0.3 is 9.64 Å². The largest absolute Gasteiger partial charge is 0.471 e. The van der Waals surface area contributed by atoms with Crippen molar-refractivity contribution in [3.8, 4) is 17.3 Å². The molecule has 3 atom stereocenters. The molecule has 6 rings (SSSR count). The molecule has 2 bridgehead atoms. The molecule has 6 nitrogen and oxygen atoms in total. The Bertz CT molecular complexity index is 1260. The Kier molecular flexibility index (Phi) is 6.08. The first-order valence-corrected chi connectivity index (χ1v) is 11.4. The van der Waals surface area contributed by atoms with Crippen LogP contribution >= 0.6 is 11.6 Å². The van der Waals surface area contributed by atoms with Gasteiger partial charge in [-0.1, -0.05) is 11.6 Å². The normalized spacial score (nSPS) is 21.7. The maximum atomic E-state index is 14.2. The Morgan fingerprint density at radius 2 is 1.89 bits per heavy atom. The monoisotopic (exact) mass is 506 g/mol. The van der Waals surface area contributed by atoms with Gasteiger partial charge in [0.05, 0.1) is 17.2 Å². The minimum Gasteiger partial charge on any atom is -0.471 e. The van der Waals surface area contributed by atoms with Gasteiger partial charge in [0.1, 0.15) is 16.9 Å². The maximum Gasteiger partial charge on any atom is 0.417 e. The summed E-state index contributed by atoms with van der Waals surface area (Å²) in [5, 5.41) is -0.257. The highest BCUT2D eigenvalue weighted by molar-refractivity contribution is 6.31. The fourth-order valence-corrected chi connectivity index (χ4v) is 4.99. The fraction of sp³-hybridized carbons (Fsp3) is 0.333. The van der Waals surface area contributed by atoms with E-state index in [1.54, 1.807) is 11.0 Å². The third-order valence-electron chi connectivity index (χ3n) is 6.40. The summed E-state index contributed by atoms with van der Waals surface area (Å²) in [7, 11) is 0. The molecule has 1 amide bonds. The van der Waals surface area contributed by atoms with E-state index >= 15 is 0 Å². The van der Waals surface area contributed by atoms with Crippen LogP contribution in [-0.4, -0.2) is 44.4 Å². The lowest BCUT2D eigenvalue weighted by Gasteiger charge is -2.49. The molecule has 3 fully saturated rings. The quantitative estimate of drug-likeness (QED) is 0.442. The summed E-state index contributed by atoms with van der Waals surface area (Å²) in [4.78, 5) is 27.4. The number of carbonyl (C=O) groups is 1. The van der Waals surface area contributed by atoms with Crippen molar-refractivity contribution in [2.45, 2.75) is 37.6 Å². The van der Waals surface area contributed by atoms with E-state index in [2.05, 4.69) is 15.0 Å². The number of hydrogen-bond donors (Lipinski definition) is 0. The van der Waals surface area contributed by atoms with Crippen LogP contribution < -0.4 is 4.74 Å². The summed E-state index contributed by atoms with van der Waals surface area (Å²) in [5.74, 6) is -0.655. The number of ether oxygens (including phenoxy) is 1. The molecular weight excluding hydrogens is 488 g/mol. The van der Waals surface area contributed by atoms with Crippen molar-refractivity contribution in [1.82, 2.24) is 19.9 Å². The number of benzene rings is 1. The number of piperidine rings is 2. The van der Waals surface area contributed by atoms with Crippen molar-refractivity contribution < 1.29 is 27.1 Å². The molecule has 0 N–H and O–H groups in total. The molecule has 3 aromatic rings. The highest BCUT2D eigenvalue weighted by Crippen LogP contribution is 2.40. The Morgan fingerprint density at radius 3 is 2.57 bits per heavy atom. The van der Waals surface area contributed by atoms with E-state index in [1.807, 2.05) is 0 Å². The molecule has 0 radical (unpaired) electrons. The minimum atomic E-state index is -4.58. The van der Waals surface area contributed by atoms with E-state index in [4.69, 9.17) is 16.3 Å². The van der Waals surface area contributed by atoms with Gasteiger partial charge in [-0.15, -0.1) is 0 Å². The average molecular weight is 507 g/mol. The molecule has 1 aliphatic carbocycles. The second-order valence-corrected chi connectivity index (χ2v) is 9.04. The van der Waals surface area contributed by atoms with Gasteiger partial charge >= 0.3 is 6.18 Å². The molecule has 4 heterocycles. The number of halogens is 5. The van der Waals surface area contributed by atoms with Crippen LogP contribution in [-0.2, 0) is 6.18 Å². The average Bonchev–Trinajstić information content (AvgIpc) is 2.85. The van der Waals surface area contributed by atoms with Crippen molar-refractivity contribution >= 4 is 17.5 Å². The molecule has 0 unspecified atom stereocenters. The van der Waals surface area contributed by atoms with Crippen LogP contribution in [0.5, 0.6) is 5.88 Å². The second kappa shape index (κ2) is 9.07. The van der Waals surface area contributed by atoms with E-state index in [1.165, 1.54) is 30.6 Å². The number of alkyl halides is 3. The summed E-state index contributed by atoms with van der Waals surface area (Å²) >= 11 is 6.03. The highest BCUT2D eigenvalue weighted by Gasteiger charge is 2.45. The first-order valence-electron chi connectivity index (χ1n) is 11.0. The molecule has 1 aromatic carbocycles. The number of rotatable bonds is 4. The van der Waals surface area contributed by atoms with Crippen molar-refractivity contribution in [3.05, 3.63) is 70.9 Å². The molecule has 0 spiro atoms. The molecule has 3 aliphatic rings. The molecule has 35 heavy (non-hydrogen) atoms. The Hall–Kier alpha value is -3.27. The molecule has 1 saturated carbocycles. The van der Waals surface area contributed by atoms with Gasteiger partial charge in [0, 0.05) is 30.7 Å². The molecular formula is C24H19ClF4N4O2. The fourth-order valence-electron chi connectivity index (χ4n) is 4.78. The summed E-state index contributed by atoms with van der Waals surface area (Å²) in [6, 6.07) is 5.92. The summed E-state index contributed by atoms with van der Waals surface area (Å²) < 4.78 is 58.9. The van der Waals surface area contributed by atoms with Gasteiger partial charge in [-0.05, 0) is 55.5 Å². The van der Waals surface area contributed by atoms with Crippen molar-refractivity contribution in [1.29, 1.82) is 0 Å². The smallest absolute Gasteiger partial charge is 0.417 e. The van der Waals surface area contributed by atoms with E-state index in [9.17, 15) is 22.4 Å². The predicted octanol–water partition coefficient (Wildman–Crippen LogP) is 5.42. The molecule has 11 heteroatoms. The zero-order valence-corrected chi connectivity index (χ0v) is 18.9. The Morgan fingerprint density at radius 1 is 1.11 bits per heavy atom. The number of amides is 1. The molecule has 2 aliphatic heterocycles. The summed E-state index contributed by atoms with van der Waals surface area (Å²) in [6.45, 7) is 0.461. The zero-order chi connectivity index (χ0) is 24.7. The predicted molar refractivity (Wildman–Crippen MR) is 118 cm³/mol. The van der Waals surface area contributed by atoms with E-state index < -0.39 is 23.7 Å². The third-order valence-corrected chi connectivity index (χ3v) is 6.67. The number of nitrogens with zero attached hydrogens (tertiary/aromatic N) is 4. The molecule has 2 aromatic heterocycles. The first-order chi connectivity index (χ1) is 16.7. The number of carbonyl (C=O) groups excluding carboxylic acids is 1. The van der Waals surface area contributed by atoms with Crippen LogP contribution in [0.15, 0.2) is 48.9 Å². The molecule has 182 valence electrons. The van der Waals surface area contributed by atoms with Crippen molar-refractivity contribution in [3.63, 3.8) is 0 Å². The van der Waals surface area contributed by atoms with E-state index in [0.717, 1.165) is 12.5 Å². The SMILES string of the molecule is O=C(c1cc(F)ccc1-c1ncccn1)N1C[C@@H]2CC[C@H]1[C@H](Oc1ncc(C(F)(F)F)cc1Cl)C2. The van der Waals surface area contributed by atoms with Gasteiger partial charge in [0.2, 0.25) is 5.88 Å².